The van der Waals surface area contributed by atoms with Crippen molar-refractivity contribution in [1.82, 2.24) is 4.98 Å². The second-order valence-electron chi connectivity index (χ2n) is 8.06. The fraction of sp³-hybridized carbons (Fsp3) is 0.0714. The van der Waals surface area contributed by atoms with Crippen molar-refractivity contribution < 1.29 is 0 Å². The maximum Gasteiger partial charge on any atom is 0.0758 e. The van der Waals surface area contributed by atoms with E-state index in [2.05, 4.69) is 91.6 Å². The Morgan fingerprint density at radius 2 is 1.00 bits per heavy atom. The fourth-order valence-corrected chi connectivity index (χ4v) is 4.66. The van der Waals surface area contributed by atoms with Crippen molar-refractivity contribution in [2.75, 3.05) is 0 Å². The van der Waals surface area contributed by atoms with Gasteiger partial charge in [0.1, 0.15) is 0 Å². The van der Waals surface area contributed by atoms with Crippen LogP contribution >= 0.6 is 0 Å². The molecule has 0 bridgehead atoms. The number of H-pyrrole nitrogens is 1. The standard InChI is InChI=1S/C28H21N3/c1-17(25-21-11-5-3-9-19(21)15-29-25)27-23-13-7-8-14-24(23)28(31-27)18(2)26-22-12-6-4-10-20(22)16-30-26/h3-16,31H,1-2H3/b25-17-,26-18-. The molecule has 0 aliphatic carbocycles. The van der Waals surface area contributed by atoms with Crippen LogP contribution in [0.1, 0.15) is 47.5 Å². The van der Waals surface area contributed by atoms with E-state index in [1.54, 1.807) is 0 Å². The monoisotopic (exact) mass is 399 g/mol. The molecule has 1 N–H and O–H groups in total. The van der Waals surface area contributed by atoms with E-state index < -0.39 is 0 Å². The molecule has 0 unspecified atom stereocenters. The Kier molecular flexibility index (Phi) is 3.90. The highest BCUT2D eigenvalue weighted by atomic mass is 14.8. The first kappa shape index (κ1) is 17.8. The highest BCUT2D eigenvalue weighted by Gasteiger charge is 2.21. The summed E-state index contributed by atoms with van der Waals surface area (Å²) in [4.78, 5) is 13.2. The largest absolute Gasteiger partial charge is 0.354 e. The van der Waals surface area contributed by atoms with E-state index in [0.717, 1.165) is 33.9 Å². The summed E-state index contributed by atoms with van der Waals surface area (Å²) >= 11 is 0. The Bertz CT molecular complexity index is 1380. The smallest absolute Gasteiger partial charge is 0.0758 e. The average Bonchev–Trinajstić information content (AvgIpc) is 3.53. The Balaban J connectivity index is 1.58. The molecule has 31 heavy (non-hydrogen) atoms. The molecule has 0 saturated carbocycles. The van der Waals surface area contributed by atoms with E-state index >= 15 is 0 Å². The number of aromatic nitrogens is 1. The molecule has 3 heteroatoms. The number of rotatable bonds is 2. The summed E-state index contributed by atoms with van der Waals surface area (Å²) in [6, 6.07) is 25.3. The van der Waals surface area contributed by atoms with Crippen molar-refractivity contribution in [2.24, 2.45) is 9.98 Å². The Hall–Kier alpha value is -3.98. The van der Waals surface area contributed by atoms with Gasteiger partial charge >= 0.3 is 0 Å². The first-order valence-electron chi connectivity index (χ1n) is 10.5. The number of nitrogens with zero attached hydrogens (tertiary/aromatic N) is 2. The predicted octanol–water partition coefficient (Wildman–Crippen LogP) is 6.81. The third-order valence-corrected chi connectivity index (χ3v) is 6.27. The Labute approximate surface area is 181 Å². The van der Waals surface area contributed by atoms with Crippen LogP contribution in [-0.2, 0) is 0 Å². The van der Waals surface area contributed by atoms with E-state index in [1.807, 2.05) is 12.4 Å². The Morgan fingerprint density at radius 3 is 1.48 bits per heavy atom. The molecule has 0 atom stereocenters. The molecular weight excluding hydrogens is 378 g/mol. The van der Waals surface area contributed by atoms with Gasteiger partial charge < -0.3 is 4.98 Å². The van der Waals surface area contributed by atoms with E-state index in [0.29, 0.717) is 0 Å². The van der Waals surface area contributed by atoms with Gasteiger partial charge in [-0.2, -0.15) is 0 Å². The lowest BCUT2D eigenvalue weighted by Gasteiger charge is -2.07. The highest BCUT2D eigenvalue weighted by Crippen LogP contribution is 2.40. The molecule has 3 heterocycles. The maximum atomic E-state index is 4.75. The Morgan fingerprint density at radius 1 is 0.581 bits per heavy atom. The zero-order valence-corrected chi connectivity index (χ0v) is 17.5. The van der Waals surface area contributed by atoms with E-state index in [1.165, 1.54) is 33.0 Å². The van der Waals surface area contributed by atoms with Crippen molar-refractivity contribution in [2.45, 2.75) is 13.8 Å². The van der Waals surface area contributed by atoms with Gasteiger partial charge in [0.05, 0.1) is 22.8 Å². The molecule has 1 aromatic heterocycles. The molecule has 6 rings (SSSR count). The average molecular weight is 399 g/mol. The molecule has 0 fully saturated rings. The summed E-state index contributed by atoms with van der Waals surface area (Å²) in [7, 11) is 0. The minimum absolute atomic E-state index is 1.03. The lowest BCUT2D eigenvalue weighted by atomic mass is 10.00. The van der Waals surface area contributed by atoms with Crippen molar-refractivity contribution in [1.29, 1.82) is 0 Å². The molecule has 3 nitrogen and oxygen atoms in total. The topological polar surface area (TPSA) is 40.5 Å². The maximum absolute atomic E-state index is 4.75. The summed E-state index contributed by atoms with van der Waals surface area (Å²) in [5.74, 6) is 0. The van der Waals surface area contributed by atoms with Gasteiger partial charge in [0, 0.05) is 45.5 Å². The minimum atomic E-state index is 1.03. The number of hydrogen-bond acceptors (Lipinski definition) is 2. The summed E-state index contributed by atoms with van der Waals surface area (Å²) in [6.07, 6.45) is 3.91. The van der Waals surface area contributed by atoms with Crippen molar-refractivity contribution in [3.8, 4) is 0 Å². The highest BCUT2D eigenvalue weighted by molar-refractivity contribution is 6.11. The number of aliphatic imine (C=N–C) groups is 2. The third-order valence-electron chi connectivity index (χ3n) is 6.27. The zero-order chi connectivity index (χ0) is 20.9. The van der Waals surface area contributed by atoms with Crippen LogP contribution < -0.4 is 0 Å². The zero-order valence-electron chi connectivity index (χ0n) is 17.5. The van der Waals surface area contributed by atoms with Crippen molar-refractivity contribution in [3.05, 3.63) is 106 Å². The number of fused-ring (bicyclic) bond motifs is 3. The van der Waals surface area contributed by atoms with E-state index in [-0.39, 0.29) is 0 Å². The van der Waals surface area contributed by atoms with E-state index in [4.69, 9.17) is 9.98 Å². The lowest BCUT2D eigenvalue weighted by molar-refractivity contribution is 1.30. The first-order valence-corrected chi connectivity index (χ1v) is 10.5. The van der Waals surface area contributed by atoms with Crippen LogP contribution in [0, 0.1) is 0 Å². The van der Waals surface area contributed by atoms with Gasteiger partial charge in [0.15, 0.2) is 0 Å². The van der Waals surface area contributed by atoms with Crippen molar-refractivity contribution in [3.63, 3.8) is 0 Å². The molecule has 148 valence electrons. The normalized spacial score (nSPS) is 17.2. The predicted molar refractivity (Wildman–Crippen MR) is 131 cm³/mol. The van der Waals surface area contributed by atoms with Crippen LogP contribution in [0.3, 0.4) is 0 Å². The summed E-state index contributed by atoms with van der Waals surface area (Å²) in [6.45, 7) is 4.31. The van der Waals surface area contributed by atoms with Gasteiger partial charge in [-0.25, -0.2) is 0 Å². The molecule has 0 amide bonds. The molecular formula is C28H21N3. The first-order chi connectivity index (χ1) is 15.2. The van der Waals surface area contributed by atoms with Gasteiger partial charge in [0.2, 0.25) is 0 Å². The minimum Gasteiger partial charge on any atom is -0.354 e. The third kappa shape index (κ3) is 2.67. The van der Waals surface area contributed by atoms with Crippen LogP contribution in [0.2, 0.25) is 0 Å². The molecule has 3 aromatic carbocycles. The second kappa shape index (κ2) is 6.78. The molecule has 4 aromatic rings. The number of nitrogens with one attached hydrogen (secondary N) is 1. The van der Waals surface area contributed by atoms with Gasteiger partial charge in [-0.05, 0) is 25.0 Å². The van der Waals surface area contributed by atoms with Gasteiger partial charge in [-0.3, -0.25) is 9.98 Å². The van der Waals surface area contributed by atoms with Crippen LogP contribution in [0.15, 0.2) is 82.8 Å². The SMILES string of the molecule is C/C(=C1/N=Cc2ccccc21)c1[nH]c(/C(C)=C2\N=Cc3ccccc32)c2ccccc12. The van der Waals surface area contributed by atoms with Crippen LogP contribution in [0.25, 0.3) is 33.3 Å². The van der Waals surface area contributed by atoms with Gasteiger partial charge in [0.25, 0.3) is 0 Å². The lowest BCUT2D eigenvalue weighted by Crippen LogP contribution is -1.90. The molecule has 0 radical (unpaired) electrons. The second-order valence-corrected chi connectivity index (χ2v) is 8.06. The van der Waals surface area contributed by atoms with E-state index in [9.17, 15) is 0 Å². The summed E-state index contributed by atoms with van der Waals surface area (Å²) in [5, 5.41) is 2.41. The number of benzene rings is 3. The fourth-order valence-electron chi connectivity index (χ4n) is 4.66. The van der Waals surface area contributed by atoms with Crippen LogP contribution in [-0.4, -0.2) is 17.4 Å². The molecule has 2 aliphatic rings. The van der Waals surface area contributed by atoms with Crippen LogP contribution in [0.4, 0.5) is 0 Å². The quantitative estimate of drug-likeness (QED) is 0.385. The number of aromatic amines is 1. The number of allylic oxidation sites excluding steroid dienone is 2. The van der Waals surface area contributed by atoms with Gasteiger partial charge in [-0.1, -0.05) is 72.8 Å². The van der Waals surface area contributed by atoms with Crippen LogP contribution in [0.5, 0.6) is 0 Å². The summed E-state index contributed by atoms with van der Waals surface area (Å²) in [5.41, 5.74) is 11.3. The number of hydrogen-bond donors (Lipinski definition) is 1. The molecule has 0 saturated heterocycles. The van der Waals surface area contributed by atoms with Gasteiger partial charge in [-0.15, -0.1) is 0 Å². The molecule has 0 spiro atoms. The summed E-state index contributed by atoms with van der Waals surface area (Å²) < 4.78 is 0. The molecule has 2 aliphatic heterocycles. The van der Waals surface area contributed by atoms with Crippen molar-refractivity contribution >= 4 is 45.7 Å².